The molecular weight excluding hydrogens is 366 g/mol. The van der Waals surface area contributed by atoms with Crippen LogP contribution in [0, 0.1) is 0 Å². The quantitative estimate of drug-likeness (QED) is 0.693. The number of ether oxygens (including phenoxy) is 3. The molecule has 2 aromatic carbocycles. The fourth-order valence-electron chi connectivity index (χ4n) is 3.89. The third-order valence-corrected chi connectivity index (χ3v) is 5.50. The minimum absolute atomic E-state index is 0.144. The number of nitrogens with zero attached hydrogens (tertiary/aromatic N) is 1. The molecule has 5 nitrogen and oxygen atoms in total. The highest BCUT2D eigenvalue weighted by molar-refractivity contribution is 5.90. The van der Waals surface area contributed by atoms with Crippen molar-refractivity contribution >= 4 is 5.97 Å². The van der Waals surface area contributed by atoms with Crippen molar-refractivity contribution in [3.05, 3.63) is 70.9 Å². The van der Waals surface area contributed by atoms with Gasteiger partial charge in [-0.2, -0.15) is 0 Å². The summed E-state index contributed by atoms with van der Waals surface area (Å²) in [6.07, 6.45) is 3.53. The van der Waals surface area contributed by atoms with Crippen LogP contribution >= 0.6 is 0 Å². The average molecular weight is 395 g/mol. The molecule has 1 heterocycles. The van der Waals surface area contributed by atoms with Crippen LogP contribution in [0.3, 0.4) is 0 Å². The monoisotopic (exact) mass is 395 g/mol. The molecule has 0 fully saturated rings. The second kappa shape index (κ2) is 9.50. The first-order chi connectivity index (χ1) is 14.1. The molecule has 5 heteroatoms. The number of carbonyl (C=O) groups excluding carboxylic acids is 1. The predicted molar refractivity (Wildman–Crippen MR) is 113 cm³/mol. The zero-order valence-corrected chi connectivity index (χ0v) is 17.6. The van der Waals surface area contributed by atoms with E-state index in [2.05, 4.69) is 24.0 Å². The van der Waals surface area contributed by atoms with Crippen molar-refractivity contribution in [1.82, 2.24) is 4.90 Å². The predicted octanol–water partition coefficient (Wildman–Crippen LogP) is 3.97. The summed E-state index contributed by atoms with van der Waals surface area (Å²) in [7, 11) is 4.72. The lowest BCUT2D eigenvalue weighted by atomic mass is 9.81. The molecule has 0 amide bonds. The number of methoxy groups -OCH3 is 3. The first kappa shape index (κ1) is 20.8. The summed E-state index contributed by atoms with van der Waals surface area (Å²) in [6.45, 7) is 3.73. The molecule has 29 heavy (non-hydrogen) atoms. The number of hydrogen-bond donors (Lipinski definition) is 0. The summed E-state index contributed by atoms with van der Waals surface area (Å²) < 4.78 is 16.3. The van der Waals surface area contributed by atoms with Gasteiger partial charge in [-0.3, -0.25) is 0 Å². The van der Waals surface area contributed by atoms with Crippen LogP contribution in [0.15, 0.2) is 54.2 Å². The van der Waals surface area contributed by atoms with Gasteiger partial charge in [0.25, 0.3) is 0 Å². The van der Waals surface area contributed by atoms with Gasteiger partial charge in [0, 0.05) is 25.2 Å². The maximum Gasteiger partial charge on any atom is 0.335 e. The van der Waals surface area contributed by atoms with Gasteiger partial charge >= 0.3 is 5.97 Å². The SMILES string of the molecule is CCN1/C=C(/C(=O)OC)C(Cc2ccccc2)c2cc(OC)c(OC)cc2CC1. The highest BCUT2D eigenvalue weighted by Crippen LogP contribution is 2.39. The zero-order chi connectivity index (χ0) is 20.8. The number of rotatable bonds is 6. The van der Waals surface area contributed by atoms with Gasteiger partial charge in [0.2, 0.25) is 0 Å². The van der Waals surface area contributed by atoms with Crippen molar-refractivity contribution in [3.63, 3.8) is 0 Å². The normalized spacial score (nSPS) is 18.0. The van der Waals surface area contributed by atoms with Gasteiger partial charge in [0.1, 0.15) is 0 Å². The Kier molecular flexibility index (Phi) is 6.81. The molecule has 3 rings (SSSR count). The molecule has 0 spiro atoms. The third kappa shape index (κ3) is 4.56. The molecule has 0 saturated heterocycles. The van der Waals surface area contributed by atoms with E-state index in [1.165, 1.54) is 7.11 Å². The van der Waals surface area contributed by atoms with Gasteiger partial charge in [-0.25, -0.2) is 4.79 Å². The van der Waals surface area contributed by atoms with E-state index >= 15 is 0 Å². The molecular formula is C24H29NO4. The van der Waals surface area contributed by atoms with Crippen LogP contribution in [-0.2, 0) is 22.4 Å². The van der Waals surface area contributed by atoms with Gasteiger partial charge in [0.05, 0.1) is 26.9 Å². The van der Waals surface area contributed by atoms with E-state index in [1.807, 2.05) is 36.5 Å². The lowest BCUT2D eigenvalue weighted by molar-refractivity contribution is -0.136. The molecule has 1 aliphatic rings. The maximum absolute atomic E-state index is 12.8. The first-order valence-corrected chi connectivity index (χ1v) is 9.94. The van der Waals surface area contributed by atoms with E-state index in [0.29, 0.717) is 23.5 Å². The van der Waals surface area contributed by atoms with Crippen LogP contribution in [-0.4, -0.2) is 45.3 Å². The molecule has 0 saturated carbocycles. The maximum atomic E-state index is 12.8. The van der Waals surface area contributed by atoms with E-state index in [0.717, 1.165) is 36.2 Å². The number of benzene rings is 2. The van der Waals surface area contributed by atoms with E-state index in [9.17, 15) is 4.79 Å². The topological polar surface area (TPSA) is 48.0 Å². The molecule has 0 N–H and O–H groups in total. The minimum Gasteiger partial charge on any atom is -0.493 e. The highest BCUT2D eigenvalue weighted by atomic mass is 16.5. The molecule has 1 atom stereocenters. The molecule has 154 valence electrons. The molecule has 0 bridgehead atoms. The molecule has 0 aromatic heterocycles. The number of carbonyl (C=O) groups is 1. The highest BCUT2D eigenvalue weighted by Gasteiger charge is 2.29. The Labute approximate surface area is 172 Å². The van der Waals surface area contributed by atoms with Gasteiger partial charge in [-0.15, -0.1) is 0 Å². The summed E-state index contributed by atoms with van der Waals surface area (Å²) in [5.74, 6) is 0.930. The Morgan fingerprint density at radius 3 is 2.38 bits per heavy atom. The Balaban J connectivity index is 2.19. The van der Waals surface area contributed by atoms with E-state index < -0.39 is 0 Å². The fourth-order valence-corrected chi connectivity index (χ4v) is 3.89. The molecule has 0 radical (unpaired) electrons. The number of fused-ring (bicyclic) bond motifs is 1. The van der Waals surface area contributed by atoms with E-state index in [1.54, 1.807) is 14.2 Å². The summed E-state index contributed by atoms with van der Waals surface area (Å²) in [5.41, 5.74) is 4.07. The van der Waals surface area contributed by atoms with Gasteiger partial charge in [-0.05, 0) is 48.6 Å². The molecule has 1 aliphatic heterocycles. The number of likely N-dealkylation sites (N-methyl/N-ethyl adjacent to an activating group) is 1. The molecule has 0 aliphatic carbocycles. The van der Waals surface area contributed by atoms with Crippen molar-refractivity contribution in [2.24, 2.45) is 0 Å². The molecule has 1 unspecified atom stereocenters. The van der Waals surface area contributed by atoms with Crippen molar-refractivity contribution in [1.29, 1.82) is 0 Å². The van der Waals surface area contributed by atoms with Crippen molar-refractivity contribution in [3.8, 4) is 11.5 Å². The second-order valence-corrected chi connectivity index (χ2v) is 7.10. The fraction of sp³-hybridized carbons (Fsp3) is 0.375. The summed E-state index contributed by atoms with van der Waals surface area (Å²) in [5, 5.41) is 0. The molecule has 2 aromatic rings. The van der Waals surface area contributed by atoms with Gasteiger partial charge < -0.3 is 19.1 Å². The summed E-state index contributed by atoms with van der Waals surface area (Å²) >= 11 is 0. The Bertz CT molecular complexity index is 876. The van der Waals surface area contributed by atoms with Crippen LogP contribution in [0.2, 0.25) is 0 Å². The Morgan fingerprint density at radius 2 is 1.76 bits per heavy atom. The van der Waals surface area contributed by atoms with Crippen LogP contribution in [0.4, 0.5) is 0 Å². The zero-order valence-electron chi connectivity index (χ0n) is 17.6. The Hall–Kier alpha value is -2.95. The van der Waals surface area contributed by atoms with Crippen molar-refractivity contribution in [2.45, 2.75) is 25.7 Å². The standard InChI is InChI=1S/C24H29NO4/c1-5-25-12-11-18-14-22(27-2)23(28-3)15-19(18)20(21(16-25)24(26)29-4)13-17-9-7-6-8-10-17/h6-10,14-16,20H,5,11-13H2,1-4H3/b21-16+. The largest absolute Gasteiger partial charge is 0.493 e. The number of hydrogen-bond acceptors (Lipinski definition) is 5. The van der Waals surface area contributed by atoms with Crippen molar-refractivity contribution in [2.75, 3.05) is 34.4 Å². The van der Waals surface area contributed by atoms with Gasteiger partial charge in [-0.1, -0.05) is 30.3 Å². The minimum atomic E-state index is -0.299. The average Bonchev–Trinajstić information content (AvgIpc) is 2.76. The third-order valence-electron chi connectivity index (χ3n) is 5.50. The summed E-state index contributed by atoms with van der Waals surface area (Å²) in [4.78, 5) is 15.0. The van der Waals surface area contributed by atoms with E-state index in [4.69, 9.17) is 14.2 Å². The lowest BCUT2D eigenvalue weighted by Gasteiger charge is -2.30. The van der Waals surface area contributed by atoms with Crippen LogP contribution in [0.1, 0.15) is 29.5 Å². The lowest BCUT2D eigenvalue weighted by Crippen LogP contribution is -2.28. The van der Waals surface area contributed by atoms with E-state index in [-0.39, 0.29) is 11.9 Å². The first-order valence-electron chi connectivity index (χ1n) is 9.94. The number of esters is 1. The van der Waals surface area contributed by atoms with Crippen LogP contribution in [0.25, 0.3) is 0 Å². The smallest absolute Gasteiger partial charge is 0.335 e. The summed E-state index contributed by atoms with van der Waals surface area (Å²) in [6, 6.07) is 14.3. The van der Waals surface area contributed by atoms with Gasteiger partial charge in [0.15, 0.2) is 11.5 Å². The van der Waals surface area contributed by atoms with Crippen LogP contribution < -0.4 is 9.47 Å². The Morgan fingerprint density at radius 1 is 1.07 bits per heavy atom. The van der Waals surface area contributed by atoms with Crippen molar-refractivity contribution < 1.29 is 19.0 Å². The van der Waals surface area contributed by atoms with Crippen LogP contribution in [0.5, 0.6) is 11.5 Å². The second-order valence-electron chi connectivity index (χ2n) is 7.10.